The van der Waals surface area contributed by atoms with Crippen LogP contribution in [-0.2, 0) is 17.6 Å². The molecule has 1 aliphatic carbocycles. The molecule has 0 radical (unpaired) electrons. The molecule has 25 heavy (non-hydrogen) atoms. The Kier molecular flexibility index (Phi) is 4.48. The standard InChI is InChI=1S/C20H18N2O2S/c23-19(22-20-21-16-12-7-13-17(16)25-20)18(14-8-3-1-4-9-14)24-15-10-5-2-6-11-15/h1-6,8-11,18H,7,12-13H2,(H,21,22,23)/t18-/m0/s1. The smallest absolute Gasteiger partial charge is 0.271 e. The van der Waals surface area contributed by atoms with Gasteiger partial charge in [-0.25, -0.2) is 4.98 Å². The summed E-state index contributed by atoms with van der Waals surface area (Å²) < 4.78 is 5.98. The lowest BCUT2D eigenvalue weighted by Gasteiger charge is -2.18. The van der Waals surface area contributed by atoms with Crippen molar-refractivity contribution in [1.29, 1.82) is 0 Å². The number of carbonyl (C=O) groups is 1. The van der Waals surface area contributed by atoms with Crippen molar-refractivity contribution in [1.82, 2.24) is 4.98 Å². The van der Waals surface area contributed by atoms with Gasteiger partial charge in [0.2, 0.25) is 6.10 Å². The van der Waals surface area contributed by atoms with Crippen molar-refractivity contribution >= 4 is 22.4 Å². The van der Waals surface area contributed by atoms with E-state index in [9.17, 15) is 4.79 Å². The van der Waals surface area contributed by atoms with Gasteiger partial charge < -0.3 is 4.74 Å². The molecule has 3 aromatic rings. The normalized spacial score (nSPS) is 13.9. The van der Waals surface area contributed by atoms with Crippen LogP contribution in [0.1, 0.15) is 28.7 Å². The van der Waals surface area contributed by atoms with E-state index in [1.165, 1.54) is 4.88 Å². The average molecular weight is 350 g/mol. The number of aromatic nitrogens is 1. The second kappa shape index (κ2) is 7.07. The van der Waals surface area contributed by atoms with E-state index in [1.54, 1.807) is 11.3 Å². The van der Waals surface area contributed by atoms with E-state index in [2.05, 4.69) is 10.3 Å². The topological polar surface area (TPSA) is 51.2 Å². The summed E-state index contributed by atoms with van der Waals surface area (Å²) in [6, 6.07) is 18.9. The van der Waals surface area contributed by atoms with E-state index in [1.807, 2.05) is 60.7 Å². The van der Waals surface area contributed by atoms with Gasteiger partial charge in [-0.1, -0.05) is 48.5 Å². The van der Waals surface area contributed by atoms with E-state index in [0.717, 1.165) is 30.5 Å². The number of fused-ring (bicyclic) bond motifs is 1. The van der Waals surface area contributed by atoms with Crippen molar-refractivity contribution in [2.24, 2.45) is 0 Å². The van der Waals surface area contributed by atoms with Crippen LogP contribution in [0.4, 0.5) is 5.13 Å². The molecule has 0 saturated carbocycles. The number of anilines is 1. The first-order chi connectivity index (χ1) is 12.3. The Morgan fingerprint density at radius 2 is 1.76 bits per heavy atom. The number of thiazole rings is 1. The number of carbonyl (C=O) groups excluding carboxylic acids is 1. The number of hydrogen-bond acceptors (Lipinski definition) is 4. The molecule has 1 atom stereocenters. The Bertz CT molecular complexity index is 840. The fourth-order valence-corrected chi connectivity index (χ4v) is 4.00. The molecule has 1 aliphatic rings. The van der Waals surface area contributed by atoms with E-state index < -0.39 is 6.10 Å². The number of para-hydroxylation sites is 1. The minimum Gasteiger partial charge on any atom is -0.476 e. The Morgan fingerprint density at radius 1 is 1.04 bits per heavy atom. The SMILES string of the molecule is O=C(Nc1nc2c(s1)CCC2)[C@@H](Oc1ccccc1)c1ccccc1. The molecule has 0 spiro atoms. The number of nitrogens with one attached hydrogen (secondary N) is 1. The van der Waals surface area contributed by atoms with Crippen molar-refractivity contribution in [3.8, 4) is 5.75 Å². The maximum absolute atomic E-state index is 12.9. The van der Waals surface area contributed by atoms with Gasteiger partial charge in [0.1, 0.15) is 5.75 Å². The molecule has 2 aromatic carbocycles. The zero-order valence-corrected chi connectivity index (χ0v) is 14.5. The Morgan fingerprint density at radius 3 is 2.48 bits per heavy atom. The van der Waals surface area contributed by atoms with Gasteiger partial charge in [0.15, 0.2) is 5.13 Å². The van der Waals surface area contributed by atoms with Crippen molar-refractivity contribution < 1.29 is 9.53 Å². The van der Waals surface area contributed by atoms with Crippen LogP contribution in [0.2, 0.25) is 0 Å². The second-order valence-electron chi connectivity index (χ2n) is 5.95. The summed E-state index contributed by atoms with van der Waals surface area (Å²) in [4.78, 5) is 18.7. The quantitative estimate of drug-likeness (QED) is 0.742. The highest BCUT2D eigenvalue weighted by Gasteiger charge is 2.25. The van der Waals surface area contributed by atoms with Crippen molar-refractivity contribution in [3.63, 3.8) is 0 Å². The van der Waals surface area contributed by atoms with Crippen LogP contribution in [0.5, 0.6) is 5.75 Å². The highest BCUT2D eigenvalue weighted by molar-refractivity contribution is 7.15. The summed E-state index contributed by atoms with van der Waals surface area (Å²) in [6.45, 7) is 0. The molecule has 0 aliphatic heterocycles. The van der Waals surface area contributed by atoms with E-state index in [0.29, 0.717) is 10.9 Å². The molecule has 126 valence electrons. The molecule has 0 saturated heterocycles. The van der Waals surface area contributed by atoms with Gasteiger partial charge >= 0.3 is 0 Å². The monoisotopic (exact) mass is 350 g/mol. The molecule has 1 amide bonds. The molecule has 4 nitrogen and oxygen atoms in total. The Balaban J connectivity index is 1.57. The van der Waals surface area contributed by atoms with Crippen LogP contribution in [0.3, 0.4) is 0 Å². The summed E-state index contributed by atoms with van der Waals surface area (Å²) in [5.41, 5.74) is 1.94. The van der Waals surface area contributed by atoms with Crippen LogP contribution >= 0.6 is 11.3 Å². The summed E-state index contributed by atoms with van der Waals surface area (Å²) in [6.07, 6.45) is 2.50. The zero-order valence-electron chi connectivity index (χ0n) is 13.6. The van der Waals surface area contributed by atoms with Gasteiger partial charge in [0.05, 0.1) is 5.69 Å². The molecular formula is C20H18N2O2S. The van der Waals surface area contributed by atoms with Crippen LogP contribution in [0, 0.1) is 0 Å². The highest BCUT2D eigenvalue weighted by atomic mass is 32.1. The van der Waals surface area contributed by atoms with E-state index in [4.69, 9.17) is 4.74 Å². The minimum atomic E-state index is -0.720. The molecule has 1 aromatic heterocycles. The number of ether oxygens (including phenoxy) is 1. The molecule has 1 N–H and O–H groups in total. The van der Waals surface area contributed by atoms with Gasteiger partial charge in [0, 0.05) is 10.4 Å². The van der Waals surface area contributed by atoms with Crippen molar-refractivity contribution in [2.75, 3.05) is 5.32 Å². The lowest BCUT2D eigenvalue weighted by Crippen LogP contribution is -2.25. The first-order valence-electron chi connectivity index (χ1n) is 8.36. The molecule has 0 unspecified atom stereocenters. The largest absolute Gasteiger partial charge is 0.476 e. The van der Waals surface area contributed by atoms with Crippen molar-refractivity contribution in [2.45, 2.75) is 25.4 Å². The zero-order chi connectivity index (χ0) is 17.1. The van der Waals surface area contributed by atoms with Gasteiger partial charge in [-0.3, -0.25) is 10.1 Å². The average Bonchev–Trinajstić information content (AvgIpc) is 3.23. The molecule has 5 heteroatoms. The molecule has 1 heterocycles. The van der Waals surface area contributed by atoms with Crippen molar-refractivity contribution in [3.05, 3.63) is 76.8 Å². The summed E-state index contributed by atoms with van der Waals surface area (Å²) >= 11 is 1.57. The highest BCUT2D eigenvalue weighted by Crippen LogP contribution is 2.31. The first kappa shape index (κ1) is 15.8. The number of aryl methyl sites for hydroxylation is 2. The van der Waals surface area contributed by atoms with Gasteiger partial charge in [-0.05, 0) is 31.4 Å². The molecule has 0 bridgehead atoms. The predicted molar refractivity (Wildman–Crippen MR) is 99.0 cm³/mol. The lowest BCUT2D eigenvalue weighted by atomic mass is 10.1. The number of hydrogen-bond donors (Lipinski definition) is 1. The molecule has 0 fully saturated rings. The van der Waals surface area contributed by atoms with E-state index in [-0.39, 0.29) is 5.91 Å². The fourth-order valence-electron chi connectivity index (χ4n) is 2.95. The minimum absolute atomic E-state index is 0.206. The van der Waals surface area contributed by atoms with Crippen LogP contribution in [0.15, 0.2) is 60.7 Å². The maximum atomic E-state index is 12.9. The summed E-state index contributed by atoms with van der Waals surface area (Å²) in [7, 11) is 0. The third kappa shape index (κ3) is 3.56. The van der Waals surface area contributed by atoms with Gasteiger partial charge in [-0.15, -0.1) is 11.3 Å². The van der Waals surface area contributed by atoms with Crippen LogP contribution in [0.25, 0.3) is 0 Å². The number of rotatable bonds is 5. The predicted octanol–water partition coefficient (Wildman–Crippen LogP) is 4.39. The number of amides is 1. The van der Waals surface area contributed by atoms with Gasteiger partial charge in [0.25, 0.3) is 5.91 Å². The third-order valence-corrected chi connectivity index (χ3v) is 5.24. The van der Waals surface area contributed by atoms with Crippen LogP contribution in [-0.4, -0.2) is 10.9 Å². The molecule has 4 rings (SSSR count). The number of benzene rings is 2. The summed E-state index contributed by atoms with van der Waals surface area (Å²) in [5, 5.41) is 3.59. The third-order valence-electron chi connectivity index (χ3n) is 4.16. The fraction of sp³-hybridized carbons (Fsp3) is 0.200. The maximum Gasteiger partial charge on any atom is 0.271 e. The van der Waals surface area contributed by atoms with E-state index >= 15 is 0 Å². The summed E-state index contributed by atoms with van der Waals surface area (Å²) in [5.74, 6) is 0.454. The lowest BCUT2D eigenvalue weighted by molar-refractivity contribution is -0.123. The van der Waals surface area contributed by atoms with Crippen LogP contribution < -0.4 is 10.1 Å². The first-order valence-corrected chi connectivity index (χ1v) is 9.17. The number of nitrogens with zero attached hydrogens (tertiary/aromatic N) is 1. The second-order valence-corrected chi connectivity index (χ2v) is 7.04. The molecular weight excluding hydrogens is 332 g/mol. The van der Waals surface area contributed by atoms with Gasteiger partial charge in [-0.2, -0.15) is 0 Å². The Labute approximate surface area is 150 Å². The Hall–Kier alpha value is -2.66.